The van der Waals surface area contributed by atoms with Gasteiger partial charge in [-0.15, -0.1) is 0 Å². The van der Waals surface area contributed by atoms with Crippen LogP contribution in [0.15, 0.2) is 37.4 Å². The van der Waals surface area contributed by atoms with Gasteiger partial charge in [-0.3, -0.25) is 0 Å². The third-order valence-electron chi connectivity index (χ3n) is 2.79. The Morgan fingerprint density at radius 2 is 1.25 bits per heavy atom. The summed E-state index contributed by atoms with van der Waals surface area (Å²) in [5.41, 5.74) is 5.02. The van der Waals surface area contributed by atoms with E-state index in [1.54, 1.807) is 0 Å². The average Bonchev–Trinajstić information content (AvgIpc) is 2.30. The lowest BCUT2D eigenvalue weighted by molar-refractivity contribution is 0.965. The molecule has 0 aliphatic carbocycles. The highest BCUT2D eigenvalue weighted by atomic mass is 14.1. The molecular formula is C16H22. The maximum Gasteiger partial charge on any atom is -0.0155 e. The smallest absolute Gasteiger partial charge is 0.0155 e. The summed E-state index contributed by atoms with van der Waals surface area (Å²) in [5.74, 6) is 0. The second-order valence-corrected chi connectivity index (χ2v) is 4.25. The van der Waals surface area contributed by atoms with Crippen LogP contribution in [-0.4, -0.2) is 0 Å². The Morgan fingerprint density at radius 3 is 1.56 bits per heavy atom. The molecule has 0 N–H and O–H groups in total. The first kappa shape index (κ1) is 12.8. The van der Waals surface area contributed by atoms with Crippen molar-refractivity contribution in [3.8, 4) is 0 Å². The van der Waals surface area contributed by atoms with Crippen LogP contribution in [0.1, 0.15) is 50.7 Å². The summed E-state index contributed by atoms with van der Waals surface area (Å²) in [6.45, 7) is 12.7. The van der Waals surface area contributed by atoms with Crippen LogP contribution in [0, 0.1) is 0 Å². The van der Waals surface area contributed by atoms with Gasteiger partial charge in [0.05, 0.1) is 0 Å². The lowest BCUT2D eigenvalue weighted by Gasteiger charge is -2.13. The molecule has 0 saturated carbocycles. The summed E-state index contributed by atoms with van der Waals surface area (Å²) < 4.78 is 0. The molecule has 0 heterocycles. The molecule has 0 fully saturated rings. The van der Waals surface area contributed by atoms with E-state index in [2.05, 4.69) is 51.3 Å². The molecule has 0 saturated heterocycles. The minimum absolute atomic E-state index is 1.07. The van der Waals surface area contributed by atoms with Crippen molar-refractivity contribution in [1.29, 1.82) is 0 Å². The fraction of sp³-hybridized carbons (Fsp3) is 0.375. The summed E-state index contributed by atoms with van der Waals surface area (Å²) in [6, 6.07) is 8.49. The Kier molecular flexibility index (Phi) is 5.04. The molecule has 0 bridgehead atoms. The number of hydrogen-bond donors (Lipinski definition) is 0. The van der Waals surface area contributed by atoms with Gasteiger partial charge in [0.25, 0.3) is 0 Å². The van der Waals surface area contributed by atoms with Crippen LogP contribution in [-0.2, 0) is 0 Å². The summed E-state index contributed by atoms with van der Waals surface area (Å²) in [6.07, 6.45) is 4.42. The first-order valence-corrected chi connectivity index (χ1v) is 6.16. The molecular weight excluding hydrogens is 192 g/mol. The Balaban J connectivity index is 3.00. The highest BCUT2D eigenvalue weighted by Gasteiger charge is 2.07. The molecule has 1 aromatic carbocycles. The van der Waals surface area contributed by atoms with Gasteiger partial charge in [0.1, 0.15) is 0 Å². The monoisotopic (exact) mass is 214 g/mol. The molecule has 16 heavy (non-hydrogen) atoms. The van der Waals surface area contributed by atoms with Gasteiger partial charge in [0.2, 0.25) is 0 Å². The summed E-state index contributed by atoms with van der Waals surface area (Å²) in [4.78, 5) is 0. The van der Waals surface area contributed by atoms with Crippen molar-refractivity contribution < 1.29 is 0 Å². The van der Waals surface area contributed by atoms with Crippen molar-refractivity contribution in [3.63, 3.8) is 0 Å². The molecule has 86 valence electrons. The topological polar surface area (TPSA) is 0 Å². The molecule has 0 nitrogen and oxygen atoms in total. The van der Waals surface area contributed by atoms with Gasteiger partial charge in [0, 0.05) is 0 Å². The molecule has 0 aliphatic heterocycles. The van der Waals surface area contributed by atoms with Crippen molar-refractivity contribution in [2.45, 2.75) is 39.5 Å². The van der Waals surface area contributed by atoms with E-state index < -0.39 is 0 Å². The van der Waals surface area contributed by atoms with Crippen LogP contribution < -0.4 is 0 Å². The largest absolute Gasteiger partial charge is 0.0952 e. The number of allylic oxidation sites excluding steroid dienone is 2. The zero-order valence-electron chi connectivity index (χ0n) is 10.6. The van der Waals surface area contributed by atoms with E-state index in [9.17, 15) is 0 Å². The van der Waals surface area contributed by atoms with Gasteiger partial charge >= 0.3 is 0 Å². The van der Waals surface area contributed by atoms with Gasteiger partial charge in [-0.2, -0.15) is 0 Å². The molecule has 0 heteroatoms. The molecule has 0 atom stereocenters. The van der Waals surface area contributed by atoms with Crippen LogP contribution in [0.2, 0.25) is 0 Å². The lowest BCUT2D eigenvalue weighted by atomic mass is 9.92. The highest BCUT2D eigenvalue weighted by Crippen LogP contribution is 2.28. The first-order valence-electron chi connectivity index (χ1n) is 6.16. The van der Waals surface area contributed by atoms with Crippen LogP contribution in [0.5, 0.6) is 0 Å². The van der Waals surface area contributed by atoms with Gasteiger partial charge in [-0.1, -0.05) is 64.1 Å². The summed E-state index contributed by atoms with van der Waals surface area (Å²) in [7, 11) is 0. The molecule has 0 aromatic heterocycles. The molecule has 1 rings (SSSR count). The Bertz CT molecular complexity index is 334. The Morgan fingerprint density at radius 1 is 0.875 bits per heavy atom. The third kappa shape index (κ3) is 3.10. The van der Waals surface area contributed by atoms with E-state index in [0.717, 1.165) is 25.7 Å². The second kappa shape index (κ2) is 6.32. The van der Waals surface area contributed by atoms with Gasteiger partial charge in [-0.05, 0) is 35.1 Å². The van der Waals surface area contributed by atoms with Crippen molar-refractivity contribution >= 4 is 11.1 Å². The van der Waals surface area contributed by atoms with Crippen LogP contribution >= 0.6 is 0 Å². The standard InChI is InChI=1S/C16H22/c1-5-9-13(3)15-11-7-8-12-16(15)14(4)10-6-2/h7-8,11-12H,3-6,9-10H2,1-2H3. The zero-order chi connectivity index (χ0) is 12.0. The quantitative estimate of drug-likeness (QED) is 0.601. The number of benzene rings is 1. The number of hydrogen-bond acceptors (Lipinski definition) is 0. The molecule has 0 amide bonds. The van der Waals surface area contributed by atoms with Crippen molar-refractivity contribution in [2.75, 3.05) is 0 Å². The predicted molar refractivity (Wildman–Crippen MR) is 74.3 cm³/mol. The van der Waals surface area contributed by atoms with Gasteiger partial charge < -0.3 is 0 Å². The lowest BCUT2D eigenvalue weighted by Crippen LogP contribution is -1.92. The van der Waals surface area contributed by atoms with Gasteiger partial charge in [-0.25, -0.2) is 0 Å². The third-order valence-corrected chi connectivity index (χ3v) is 2.79. The van der Waals surface area contributed by atoms with E-state index in [0.29, 0.717) is 0 Å². The van der Waals surface area contributed by atoms with E-state index in [4.69, 9.17) is 0 Å². The minimum atomic E-state index is 1.07. The second-order valence-electron chi connectivity index (χ2n) is 4.25. The van der Waals surface area contributed by atoms with Crippen molar-refractivity contribution in [3.05, 3.63) is 48.6 Å². The molecule has 0 radical (unpaired) electrons. The maximum absolute atomic E-state index is 4.18. The van der Waals surface area contributed by atoms with E-state index >= 15 is 0 Å². The Hall–Kier alpha value is -1.30. The van der Waals surface area contributed by atoms with Gasteiger partial charge in [0.15, 0.2) is 0 Å². The molecule has 0 aliphatic rings. The van der Waals surface area contributed by atoms with E-state index in [1.807, 2.05) is 0 Å². The SMILES string of the molecule is C=C(CCC)c1ccccc1C(=C)CCC. The zero-order valence-corrected chi connectivity index (χ0v) is 10.6. The van der Waals surface area contributed by atoms with Crippen LogP contribution in [0.3, 0.4) is 0 Å². The summed E-state index contributed by atoms with van der Waals surface area (Å²) in [5, 5.41) is 0. The van der Waals surface area contributed by atoms with Crippen LogP contribution in [0.4, 0.5) is 0 Å². The maximum atomic E-state index is 4.18. The van der Waals surface area contributed by atoms with Crippen LogP contribution in [0.25, 0.3) is 11.1 Å². The molecule has 1 aromatic rings. The summed E-state index contributed by atoms with van der Waals surface area (Å²) >= 11 is 0. The number of rotatable bonds is 6. The predicted octanol–water partition coefficient (Wildman–Crippen LogP) is 5.31. The minimum Gasteiger partial charge on any atom is -0.0952 e. The van der Waals surface area contributed by atoms with E-state index in [-0.39, 0.29) is 0 Å². The van der Waals surface area contributed by atoms with E-state index in [1.165, 1.54) is 22.3 Å². The molecule has 0 unspecified atom stereocenters. The Labute approximate surface area is 99.7 Å². The fourth-order valence-corrected chi connectivity index (χ4v) is 1.97. The van der Waals surface area contributed by atoms with Crippen molar-refractivity contribution in [1.82, 2.24) is 0 Å². The first-order chi connectivity index (χ1) is 7.70. The highest BCUT2D eigenvalue weighted by molar-refractivity contribution is 5.78. The van der Waals surface area contributed by atoms with Crippen molar-refractivity contribution in [2.24, 2.45) is 0 Å². The normalized spacial score (nSPS) is 10.1. The fourth-order valence-electron chi connectivity index (χ4n) is 1.97. The molecule has 0 spiro atoms. The average molecular weight is 214 g/mol.